The van der Waals surface area contributed by atoms with Gasteiger partial charge >= 0.3 is 0 Å². The van der Waals surface area contributed by atoms with Crippen LogP contribution < -0.4 is 5.32 Å². The molecule has 0 aliphatic heterocycles. The molecule has 0 radical (unpaired) electrons. The number of aromatic nitrogens is 2. The normalized spacial score (nSPS) is 14.1. The van der Waals surface area contributed by atoms with Gasteiger partial charge in [-0.1, -0.05) is 0 Å². The molecule has 1 heterocycles. The van der Waals surface area contributed by atoms with E-state index in [1.165, 1.54) is 0 Å². The number of halogens is 1. The molecule has 16 heavy (non-hydrogen) atoms. The maximum absolute atomic E-state index is 13.6. The van der Waals surface area contributed by atoms with E-state index in [1.807, 2.05) is 38.6 Å². The Morgan fingerprint density at radius 1 is 1.50 bits per heavy atom. The Balaban J connectivity index is 2.36. The zero-order valence-corrected chi connectivity index (χ0v) is 10.6. The molecule has 4 heteroatoms. The van der Waals surface area contributed by atoms with Crippen LogP contribution in [0.1, 0.15) is 33.3 Å². The molecule has 3 nitrogen and oxygen atoms in total. The van der Waals surface area contributed by atoms with Gasteiger partial charge in [-0.25, -0.2) is 4.39 Å². The fourth-order valence-corrected chi connectivity index (χ4v) is 1.43. The number of rotatable bonds is 5. The molecule has 1 aromatic heterocycles. The monoisotopic (exact) mass is 227 g/mol. The van der Waals surface area contributed by atoms with Crippen LogP contribution in [0.15, 0.2) is 12.4 Å². The van der Waals surface area contributed by atoms with Crippen LogP contribution in [0.3, 0.4) is 0 Å². The van der Waals surface area contributed by atoms with Crippen molar-refractivity contribution in [2.24, 2.45) is 0 Å². The quantitative estimate of drug-likeness (QED) is 0.835. The fourth-order valence-electron chi connectivity index (χ4n) is 1.43. The van der Waals surface area contributed by atoms with Gasteiger partial charge in [-0.3, -0.25) is 4.68 Å². The molecule has 1 rings (SSSR count). The van der Waals surface area contributed by atoms with Crippen LogP contribution in [-0.2, 0) is 13.0 Å². The summed E-state index contributed by atoms with van der Waals surface area (Å²) >= 11 is 0. The number of nitrogens with one attached hydrogen (secondary N) is 1. The van der Waals surface area contributed by atoms with Crippen LogP contribution in [0.25, 0.3) is 0 Å². The van der Waals surface area contributed by atoms with Crippen molar-refractivity contribution in [1.82, 2.24) is 15.1 Å². The third-order valence-electron chi connectivity index (χ3n) is 2.32. The van der Waals surface area contributed by atoms with E-state index in [-0.39, 0.29) is 5.54 Å². The molecule has 0 aliphatic carbocycles. The highest BCUT2D eigenvalue weighted by Gasteiger charge is 2.14. The minimum absolute atomic E-state index is 0.0298. The van der Waals surface area contributed by atoms with Gasteiger partial charge in [0.15, 0.2) is 0 Å². The van der Waals surface area contributed by atoms with Gasteiger partial charge in [0, 0.05) is 31.2 Å². The van der Waals surface area contributed by atoms with E-state index in [0.29, 0.717) is 13.0 Å². The van der Waals surface area contributed by atoms with E-state index >= 15 is 0 Å². The number of hydrogen-bond acceptors (Lipinski definition) is 2. The maximum atomic E-state index is 13.6. The first-order valence-corrected chi connectivity index (χ1v) is 5.81. The van der Waals surface area contributed by atoms with Crippen molar-refractivity contribution in [3.8, 4) is 0 Å². The topological polar surface area (TPSA) is 29.9 Å². The van der Waals surface area contributed by atoms with Crippen LogP contribution in [0.4, 0.5) is 4.39 Å². The van der Waals surface area contributed by atoms with E-state index in [0.717, 1.165) is 12.1 Å². The maximum Gasteiger partial charge on any atom is 0.117 e. The van der Waals surface area contributed by atoms with E-state index in [2.05, 4.69) is 10.4 Å². The second kappa shape index (κ2) is 5.43. The smallest absolute Gasteiger partial charge is 0.117 e. The Bertz CT molecular complexity index is 314. The first kappa shape index (κ1) is 13.2. The van der Waals surface area contributed by atoms with Crippen molar-refractivity contribution in [3.63, 3.8) is 0 Å². The lowest BCUT2D eigenvalue weighted by Crippen LogP contribution is -2.40. The summed E-state index contributed by atoms with van der Waals surface area (Å²) in [7, 11) is 0. The van der Waals surface area contributed by atoms with E-state index in [1.54, 1.807) is 6.20 Å². The molecule has 0 saturated heterocycles. The molecule has 0 bridgehead atoms. The Kier molecular flexibility index (Phi) is 4.47. The minimum atomic E-state index is -0.853. The van der Waals surface area contributed by atoms with Crippen LogP contribution in [0.5, 0.6) is 0 Å². The predicted octanol–water partition coefficient (Wildman–Crippen LogP) is 2.17. The Labute approximate surface area is 97.0 Å². The van der Waals surface area contributed by atoms with Crippen molar-refractivity contribution in [2.75, 3.05) is 6.54 Å². The molecule has 1 aromatic rings. The standard InChI is InChI=1S/C12H22FN3/c1-5-16-9-10(7-15-16)6-11(13)8-14-12(2,3)4/h7,9,11,14H,5-6,8H2,1-4H3. The Morgan fingerprint density at radius 3 is 2.69 bits per heavy atom. The summed E-state index contributed by atoms with van der Waals surface area (Å²) in [6.07, 6.45) is 3.23. The predicted molar refractivity (Wildman–Crippen MR) is 64.3 cm³/mol. The third-order valence-corrected chi connectivity index (χ3v) is 2.32. The lowest BCUT2D eigenvalue weighted by atomic mass is 10.1. The Morgan fingerprint density at radius 2 is 2.19 bits per heavy atom. The van der Waals surface area contributed by atoms with Crippen molar-refractivity contribution in [1.29, 1.82) is 0 Å². The second-order valence-electron chi connectivity index (χ2n) is 5.14. The average molecular weight is 227 g/mol. The molecule has 0 amide bonds. The van der Waals surface area contributed by atoms with Gasteiger partial charge in [-0.15, -0.1) is 0 Å². The molecule has 0 aliphatic rings. The van der Waals surface area contributed by atoms with Crippen LogP contribution in [0.2, 0.25) is 0 Å². The molecule has 1 unspecified atom stereocenters. The van der Waals surface area contributed by atoms with Gasteiger partial charge in [0.2, 0.25) is 0 Å². The van der Waals surface area contributed by atoms with Gasteiger partial charge in [-0.2, -0.15) is 5.10 Å². The number of aryl methyl sites for hydroxylation is 1. The van der Waals surface area contributed by atoms with E-state index in [9.17, 15) is 4.39 Å². The van der Waals surface area contributed by atoms with Crippen molar-refractivity contribution < 1.29 is 4.39 Å². The molecule has 0 aromatic carbocycles. The molecular weight excluding hydrogens is 205 g/mol. The molecule has 0 fully saturated rings. The van der Waals surface area contributed by atoms with Gasteiger partial charge in [0.1, 0.15) is 6.17 Å². The summed E-state index contributed by atoms with van der Waals surface area (Å²) in [6.45, 7) is 9.35. The van der Waals surface area contributed by atoms with Gasteiger partial charge in [-0.05, 0) is 33.3 Å². The van der Waals surface area contributed by atoms with Crippen LogP contribution >= 0.6 is 0 Å². The highest BCUT2D eigenvalue weighted by Crippen LogP contribution is 2.06. The molecule has 0 spiro atoms. The SMILES string of the molecule is CCn1cc(CC(F)CNC(C)(C)C)cn1. The van der Waals surface area contributed by atoms with E-state index in [4.69, 9.17) is 0 Å². The largest absolute Gasteiger partial charge is 0.309 e. The zero-order chi connectivity index (χ0) is 12.2. The van der Waals surface area contributed by atoms with Crippen LogP contribution in [0, 0.1) is 0 Å². The molecule has 1 N–H and O–H groups in total. The number of hydrogen-bond donors (Lipinski definition) is 1. The van der Waals surface area contributed by atoms with E-state index < -0.39 is 6.17 Å². The number of alkyl halides is 1. The highest BCUT2D eigenvalue weighted by molar-refractivity contribution is 5.05. The molecule has 1 atom stereocenters. The summed E-state index contributed by atoms with van der Waals surface area (Å²) in [4.78, 5) is 0. The zero-order valence-electron chi connectivity index (χ0n) is 10.6. The minimum Gasteiger partial charge on any atom is -0.309 e. The lowest BCUT2D eigenvalue weighted by Gasteiger charge is -2.21. The first-order valence-electron chi connectivity index (χ1n) is 5.81. The van der Waals surface area contributed by atoms with Crippen molar-refractivity contribution in [2.45, 2.75) is 52.4 Å². The third kappa shape index (κ3) is 4.75. The second-order valence-corrected chi connectivity index (χ2v) is 5.14. The fraction of sp³-hybridized carbons (Fsp3) is 0.750. The summed E-state index contributed by atoms with van der Waals surface area (Å²) < 4.78 is 15.5. The average Bonchev–Trinajstić information content (AvgIpc) is 2.61. The molecule has 0 saturated carbocycles. The van der Waals surface area contributed by atoms with Gasteiger partial charge in [0.05, 0.1) is 6.20 Å². The van der Waals surface area contributed by atoms with Crippen molar-refractivity contribution >= 4 is 0 Å². The summed E-state index contributed by atoms with van der Waals surface area (Å²) in [5.74, 6) is 0. The Hall–Kier alpha value is -0.900. The molecular formula is C12H22FN3. The summed E-state index contributed by atoms with van der Waals surface area (Å²) in [5.41, 5.74) is 0.933. The number of nitrogens with zero attached hydrogens (tertiary/aromatic N) is 2. The highest BCUT2D eigenvalue weighted by atomic mass is 19.1. The lowest BCUT2D eigenvalue weighted by molar-refractivity contribution is 0.284. The first-order chi connectivity index (χ1) is 7.40. The summed E-state index contributed by atoms with van der Waals surface area (Å²) in [5, 5.41) is 7.29. The van der Waals surface area contributed by atoms with Crippen molar-refractivity contribution in [3.05, 3.63) is 18.0 Å². The van der Waals surface area contributed by atoms with Crippen LogP contribution in [-0.4, -0.2) is 28.0 Å². The van der Waals surface area contributed by atoms with Gasteiger partial charge in [0.25, 0.3) is 0 Å². The van der Waals surface area contributed by atoms with Gasteiger partial charge < -0.3 is 5.32 Å². The summed E-state index contributed by atoms with van der Waals surface area (Å²) in [6, 6.07) is 0. The molecule has 92 valence electrons.